The number of benzene rings is 1. The van der Waals surface area contributed by atoms with E-state index in [1.54, 1.807) is 0 Å². The van der Waals surface area contributed by atoms with Gasteiger partial charge in [-0.1, -0.05) is 56.5 Å². The second kappa shape index (κ2) is 15.7. The molecular weight excluding hydrogens is 342 g/mol. The van der Waals surface area contributed by atoms with Gasteiger partial charge in [0.15, 0.2) is 0 Å². The number of rotatable bonds is 12. The van der Waals surface area contributed by atoms with E-state index < -0.39 is 12.1 Å². The largest absolute Gasteiger partial charge is 0.464 e. The predicted octanol–water partition coefficient (Wildman–Crippen LogP) is 4.60. The van der Waals surface area contributed by atoms with Gasteiger partial charge >= 0.3 is 12.1 Å². The molecule has 0 aromatic heterocycles. The Morgan fingerprint density at radius 2 is 1.63 bits per heavy atom. The van der Waals surface area contributed by atoms with Crippen molar-refractivity contribution in [3.8, 4) is 11.8 Å². The minimum Gasteiger partial charge on any atom is -0.464 e. The summed E-state index contributed by atoms with van der Waals surface area (Å²) >= 11 is 0. The Labute approximate surface area is 162 Å². The quantitative estimate of drug-likeness (QED) is 0.330. The predicted molar refractivity (Wildman–Crippen MR) is 106 cm³/mol. The van der Waals surface area contributed by atoms with Crippen LogP contribution in [-0.4, -0.2) is 25.2 Å². The second-order valence-electron chi connectivity index (χ2n) is 6.26. The van der Waals surface area contributed by atoms with Crippen LogP contribution in [0.4, 0.5) is 4.79 Å². The summed E-state index contributed by atoms with van der Waals surface area (Å²) in [5.41, 5.74) is 0.891. The first-order valence-electron chi connectivity index (χ1n) is 9.78. The van der Waals surface area contributed by atoms with E-state index in [0.717, 1.165) is 44.1 Å². The van der Waals surface area contributed by atoms with Gasteiger partial charge < -0.3 is 14.8 Å². The van der Waals surface area contributed by atoms with Crippen molar-refractivity contribution in [1.82, 2.24) is 5.32 Å². The summed E-state index contributed by atoms with van der Waals surface area (Å²) in [6.45, 7) is 2.54. The van der Waals surface area contributed by atoms with Gasteiger partial charge in [-0.05, 0) is 24.8 Å². The summed E-state index contributed by atoms with van der Waals surface area (Å²) in [6.07, 6.45) is 7.70. The molecule has 0 aliphatic rings. The Balaban J connectivity index is 1.93. The molecule has 0 spiro atoms. The van der Waals surface area contributed by atoms with E-state index in [0.29, 0.717) is 6.61 Å². The van der Waals surface area contributed by atoms with Crippen molar-refractivity contribution in [2.24, 2.45) is 0 Å². The average molecular weight is 373 g/mol. The highest BCUT2D eigenvalue weighted by atomic mass is 16.6. The third kappa shape index (κ3) is 13.4. The van der Waals surface area contributed by atoms with Gasteiger partial charge in [0.25, 0.3) is 0 Å². The van der Waals surface area contributed by atoms with E-state index in [1.165, 1.54) is 12.8 Å². The van der Waals surface area contributed by atoms with Crippen LogP contribution in [0.25, 0.3) is 0 Å². The number of esters is 1. The van der Waals surface area contributed by atoms with Gasteiger partial charge in [-0.3, -0.25) is 4.79 Å². The van der Waals surface area contributed by atoms with E-state index in [9.17, 15) is 9.59 Å². The van der Waals surface area contributed by atoms with Crippen LogP contribution in [0.2, 0.25) is 0 Å². The fraction of sp³-hybridized carbons (Fsp3) is 0.545. The van der Waals surface area contributed by atoms with Crippen molar-refractivity contribution in [1.29, 1.82) is 0 Å². The summed E-state index contributed by atoms with van der Waals surface area (Å²) < 4.78 is 10.1. The molecule has 27 heavy (non-hydrogen) atoms. The monoisotopic (exact) mass is 373 g/mol. The molecule has 0 fully saturated rings. The SMILES string of the molecule is CCCCC#CCCCCCCOC(=O)CNC(=O)OCc1ccccc1. The molecule has 5 heteroatoms. The fourth-order valence-electron chi connectivity index (χ4n) is 2.27. The molecule has 0 saturated heterocycles. The van der Waals surface area contributed by atoms with Crippen LogP contribution >= 0.6 is 0 Å². The lowest BCUT2D eigenvalue weighted by molar-refractivity contribution is -0.142. The third-order valence-corrected chi connectivity index (χ3v) is 3.83. The van der Waals surface area contributed by atoms with Gasteiger partial charge in [0.1, 0.15) is 13.2 Å². The van der Waals surface area contributed by atoms with Crippen molar-refractivity contribution >= 4 is 12.1 Å². The van der Waals surface area contributed by atoms with Crippen LogP contribution < -0.4 is 5.32 Å². The van der Waals surface area contributed by atoms with Gasteiger partial charge in [-0.2, -0.15) is 0 Å². The molecule has 0 aliphatic heterocycles. The molecule has 0 saturated carbocycles. The minimum atomic E-state index is -0.629. The van der Waals surface area contributed by atoms with Crippen LogP contribution in [0.5, 0.6) is 0 Å². The van der Waals surface area contributed by atoms with Crippen molar-refractivity contribution in [3.05, 3.63) is 35.9 Å². The van der Waals surface area contributed by atoms with Crippen LogP contribution in [0.3, 0.4) is 0 Å². The number of amides is 1. The van der Waals surface area contributed by atoms with Gasteiger partial charge in [0.2, 0.25) is 0 Å². The van der Waals surface area contributed by atoms with Gasteiger partial charge in [0, 0.05) is 12.8 Å². The summed E-state index contributed by atoms with van der Waals surface area (Å²) in [4.78, 5) is 23.1. The summed E-state index contributed by atoms with van der Waals surface area (Å²) in [6, 6.07) is 9.35. The number of alkyl carbamates (subject to hydrolysis) is 1. The summed E-state index contributed by atoms with van der Waals surface area (Å²) in [5.74, 6) is 5.92. The van der Waals surface area contributed by atoms with Crippen molar-refractivity contribution < 1.29 is 19.1 Å². The maximum atomic E-state index is 11.6. The van der Waals surface area contributed by atoms with Gasteiger partial charge in [-0.25, -0.2) is 4.79 Å². The Bertz CT molecular complexity index is 589. The molecule has 1 amide bonds. The molecule has 0 radical (unpaired) electrons. The summed E-state index contributed by atoms with van der Waals surface area (Å²) in [7, 11) is 0. The lowest BCUT2D eigenvalue weighted by Crippen LogP contribution is -2.31. The van der Waals surface area contributed by atoms with E-state index in [-0.39, 0.29) is 13.2 Å². The smallest absolute Gasteiger partial charge is 0.407 e. The van der Waals surface area contributed by atoms with E-state index in [2.05, 4.69) is 24.1 Å². The number of carbonyl (C=O) groups is 2. The van der Waals surface area contributed by atoms with Gasteiger partial charge in [0.05, 0.1) is 6.61 Å². The molecule has 1 rings (SSSR count). The zero-order chi connectivity index (χ0) is 19.6. The maximum Gasteiger partial charge on any atom is 0.407 e. The first kappa shape index (κ1) is 22.6. The van der Waals surface area contributed by atoms with Crippen molar-refractivity contribution in [2.75, 3.05) is 13.2 Å². The minimum absolute atomic E-state index is 0.171. The number of nitrogens with one attached hydrogen (secondary N) is 1. The van der Waals surface area contributed by atoms with Crippen LogP contribution in [0.1, 0.15) is 63.9 Å². The Morgan fingerprint density at radius 3 is 2.37 bits per heavy atom. The van der Waals surface area contributed by atoms with Crippen LogP contribution in [0.15, 0.2) is 30.3 Å². The average Bonchev–Trinajstić information content (AvgIpc) is 2.69. The highest BCUT2D eigenvalue weighted by molar-refractivity contribution is 5.77. The number of hydrogen-bond donors (Lipinski definition) is 1. The lowest BCUT2D eigenvalue weighted by atomic mass is 10.1. The fourth-order valence-corrected chi connectivity index (χ4v) is 2.27. The summed E-state index contributed by atoms with van der Waals surface area (Å²) in [5, 5.41) is 2.39. The standard InChI is InChI=1S/C22H31NO4/c1-2-3-4-5-6-7-8-9-10-14-17-26-21(24)18-23-22(25)27-19-20-15-12-11-13-16-20/h11-13,15-16H,2-4,7-10,14,17-19H2,1H3,(H,23,25). The molecule has 0 unspecified atom stereocenters. The lowest BCUT2D eigenvalue weighted by Gasteiger charge is -2.07. The molecule has 0 atom stereocenters. The van der Waals surface area contributed by atoms with E-state index >= 15 is 0 Å². The Kier molecular flexibility index (Phi) is 13.2. The van der Waals surface area contributed by atoms with Gasteiger partial charge in [-0.15, -0.1) is 11.8 Å². The first-order chi connectivity index (χ1) is 13.2. The molecule has 148 valence electrons. The molecule has 5 nitrogen and oxygen atoms in total. The van der Waals surface area contributed by atoms with E-state index in [4.69, 9.17) is 9.47 Å². The first-order valence-corrected chi connectivity index (χ1v) is 9.78. The molecule has 1 aromatic carbocycles. The topological polar surface area (TPSA) is 64.6 Å². The molecule has 0 bridgehead atoms. The zero-order valence-corrected chi connectivity index (χ0v) is 16.3. The number of unbranched alkanes of at least 4 members (excludes halogenated alkanes) is 6. The maximum absolute atomic E-state index is 11.6. The third-order valence-electron chi connectivity index (χ3n) is 3.83. The molecule has 0 aliphatic carbocycles. The van der Waals surface area contributed by atoms with E-state index in [1.807, 2.05) is 30.3 Å². The number of carbonyl (C=O) groups excluding carboxylic acids is 2. The normalized spacial score (nSPS) is 9.81. The number of ether oxygens (including phenoxy) is 2. The molecule has 1 N–H and O–H groups in total. The molecule has 0 heterocycles. The molecular formula is C22H31NO4. The number of hydrogen-bond acceptors (Lipinski definition) is 4. The highest BCUT2D eigenvalue weighted by Gasteiger charge is 2.07. The molecule has 1 aromatic rings. The van der Waals surface area contributed by atoms with Crippen LogP contribution in [-0.2, 0) is 20.9 Å². The van der Waals surface area contributed by atoms with Crippen molar-refractivity contribution in [2.45, 2.75) is 64.9 Å². The second-order valence-corrected chi connectivity index (χ2v) is 6.26. The highest BCUT2D eigenvalue weighted by Crippen LogP contribution is 2.03. The Hall–Kier alpha value is -2.48. The van der Waals surface area contributed by atoms with Crippen molar-refractivity contribution in [3.63, 3.8) is 0 Å². The van der Waals surface area contributed by atoms with Crippen LogP contribution in [0, 0.1) is 11.8 Å². The zero-order valence-electron chi connectivity index (χ0n) is 16.3. The Morgan fingerprint density at radius 1 is 0.926 bits per heavy atom.